The van der Waals surface area contributed by atoms with Crippen molar-refractivity contribution >= 4 is 3.99 Å². The third-order valence-electron chi connectivity index (χ3n) is 0. The summed E-state index contributed by atoms with van der Waals surface area (Å²) in [5.74, 6) is 0. The Labute approximate surface area is 50.5 Å². The third kappa shape index (κ3) is 9.01. The SMILES string of the molecule is [Fe][P]([Fe])[Fe]. The molecule has 0 N–H and O–H groups in total. The summed E-state index contributed by atoms with van der Waals surface area (Å²) in [5.41, 5.74) is 0. The molecule has 0 unspecified atom stereocenters. The van der Waals surface area contributed by atoms with E-state index in [4.69, 9.17) is 0 Å². The Morgan fingerprint density at radius 1 is 1.00 bits per heavy atom. The van der Waals surface area contributed by atoms with Crippen LogP contribution in [-0.4, -0.2) is 0 Å². The van der Waals surface area contributed by atoms with Crippen molar-refractivity contribution in [2.75, 3.05) is 0 Å². The van der Waals surface area contributed by atoms with Crippen LogP contribution >= 0.6 is 3.99 Å². The van der Waals surface area contributed by atoms with Crippen molar-refractivity contribution in [3.8, 4) is 0 Å². The zero-order chi connectivity index (χ0) is 3.58. The van der Waals surface area contributed by atoms with Crippen LogP contribution in [0.3, 0.4) is 0 Å². The Kier molecular flexibility index (Phi) is 4.77. The zero-order valence-electron chi connectivity index (χ0n) is 1.51. The molecular formula is Fe3P. The van der Waals surface area contributed by atoms with E-state index in [-0.39, 0.29) is 3.99 Å². The van der Waals surface area contributed by atoms with Crippen molar-refractivity contribution in [1.29, 1.82) is 0 Å². The zero-order valence-corrected chi connectivity index (χ0v) is 5.71. The molecule has 0 radical (unpaired) electrons. The van der Waals surface area contributed by atoms with E-state index in [1.54, 1.807) is 0 Å². The van der Waals surface area contributed by atoms with Gasteiger partial charge in [-0.15, -0.1) is 0 Å². The summed E-state index contributed by atoms with van der Waals surface area (Å²) in [6, 6.07) is 0. The molecule has 0 heterocycles. The predicted octanol–water partition coefficient (Wildman–Crippen LogP) is 0.854. The molecule has 0 aromatic heterocycles. The number of hydrogen-bond donors (Lipinski definition) is 0. The molecule has 0 rings (SSSR count). The number of rotatable bonds is 0. The molecule has 0 saturated carbocycles. The molecule has 0 saturated heterocycles. The second-order valence-electron chi connectivity index (χ2n) is 0.168. The van der Waals surface area contributed by atoms with Gasteiger partial charge < -0.3 is 0 Å². The summed E-state index contributed by atoms with van der Waals surface area (Å²) >= 11 is 10.4. The van der Waals surface area contributed by atoms with Gasteiger partial charge in [0.05, 0.1) is 0 Å². The fraction of sp³-hybridized carbons (Fsp3) is 0. The van der Waals surface area contributed by atoms with Crippen LogP contribution in [0.4, 0.5) is 0 Å². The van der Waals surface area contributed by atoms with Gasteiger partial charge in [-0.1, -0.05) is 0 Å². The third-order valence-corrected chi connectivity index (χ3v) is 0. The van der Waals surface area contributed by atoms with E-state index in [1.165, 1.54) is 0 Å². The Bertz CT molecular complexity index is 8.00. The van der Waals surface area contributed by atoms with Gasteiger partial charge in [-0.3, -0.25) is 0 Å². The van der Waals surface area contributed by atoms with Gasteiger partial charge in [-0.25, -0.2) is 0 Å². The normalized spacial score (nSPS) is 9.00. The Hall–Kier alpha value is 1.99. The maximum atomic E-state index is 3.48. The van der Waals surface area contributed by atoms with Gasteiger partial charge in [0.25, 0.3) is 0 Å². The molecule has 0 nitrogen and oxygen atoms in total. The summed E-state index contributed by atoms with van der Waals surface area (Å²) in [4.78, 5) is 0. The summed E-state index contributed by atoms with van der Waals surface area (Å²) in [6.07, 6.45) is 0. The minimum absolute atomic E-state index is 0.370. The van der Waals surface area contributed by atoms with E-state index in [1.807, 2.05) is 0 Å². The first-order chi connectivity index (χ1) is 1.73. The fourth-order valence-corrected chi connectivity index (χ4v) is 0. The van der Waals surface area contributed by atoms with E-state index in [0.717, 1.165) is 0 Å². The van der Waals surface area contributed by atoms with Gasteiger partial charge in [-0.2, -0.15) is 0 Å². The molecule has 0 aliphatic rings. The molecule has 29 valence electrons. The average molecular weight is 199 g/mol. The first-order valence-corrected chi connectivity index (χ1v) is 5.87. The van der Waals surface area contributed by atoms with E-state index < -0.39 is 0 Å². The van der Waals surface area contributed by atoms with Crippen molar-refractivity contribution in [3.05, 3.63) is 0 Å². The van der Waals surface area contributed by atoms with Crippen LogP contribution in [0.5, 0.6) is 0 Å². The molecule has 0 atom stereocenters. The van der Waals surface area contributed by atoms with Gasteiger partial charge in [-0.05, 0) is 0 Å². The maximum absolute atomic E-state index is 3.48. The van der Waals surface area contributed by atoms with Crippen LogP contribution in [-0.2, 0) is 46.7 Å². The molecule has 0 amide bonds. The first kappa shape index (κ1) is 5.99. The second kappa shape index (κ2) is 3.19. The van der Waals surface area contributed by atoms with Crippen molar-refractivity contribution in [2.45, 2.75) is 0 Å². The molecule has 0 spiro atoms. The van der Waals surface area contributed by atoms with Crippen LogP contribution in [0.1, 0.15) is 0 Å². The van der Waals surface area contributed by atoms with Gasteiger partial charge in [0.15, 0.2) is 0 Å². The van der Waals surface area contributed by atoms with E-state index in [2.05, 4.69) is 46.7 Å². The van der Waals surface area contributed by atoms with Crippen LogP contribution in [0.25, 0.3) is 0 Å². The molecule has 0 aromatic carbocycles. The topological polar surface area (TPSA) is 0 Å². The molecule has 0 aliphatic heterocycles. The molecular weight excluding hydrogens is 199 g/mol. The molecule has 0 aromatic rings. The van der Waals surface area contributed by atoms with E-state index >= 15 is 0 Å². The predicted molar refractivity (Wildman–Crippen MR) is 6.92 cm³/mol. The van der Waals surface area contributed by atoms with Gasteiger partial charge in [0, 0.05) is 0 Å². The standard InChI is InChI=1S/3Fe.P. The first-order valence-electron chi connectivity index (χ1n) is 0.474. The minimum atomic E-state index is -0.370. The summed E-state index contributed by atoms with van der Waals surface area (Å²) in [6.45, 7) is 0. The second-order valence-corrected chi connectivity index (χ2v) is 8.55. The Morgan fingerprint density at radius 2 is 1.00 bits per heavy atom. The molecule has 4 heteroatoms. The monoisotopic (exact) mass is 199 g/mol. The summed E-state index contributed by atoms with van der Waals surface area (Å²) in [7, 11) is 0. The molecule has 0 fully saturated rings. The van der Waals surface area contributed by atoms with Crippen molar-refractivity contribution in [3.63, 3.8) is 0 Å². The number of hydrogen-bond acceptors (Lipinski definition) is 0. The fourth-order valence-electron chi connectivity index (χ4n) is 0. The van der Waals surface area contributed by atoms with Gasteiger partial charge in [0.2, 0.25) is 0 Å². The van der Waals surface area contributed by atoms with Gasteiger partial charge in [0.1, 0.15) is 0 Å². The summed E-state index contributed by atoms with van der Waals surface area (Å²) < 4.78 is -0.370. The van der Waals surface area contributed by atoms with Crippen LogP contribution in [0.15, 0.2) is 0 Å². The van der Waals surface area contributed by atoms with Crippen LogP contribution in [0, 0.1) is 0 Å². The quantitative estimate of drug-likeness (QED) is 0.400. The van der Waals surface area contributed by atoms with Gasteiger partial charge >= 0.3 is 50.7 Å². The Morgan fingerprint density at radius 3 is 1.00 bits per heavy atom. The van der Waals surface area contributed by atoms with Crippen molar-refractivity contribution in [2.24, 2.45) is 0 Å². The van der Waals surface area contributed by atoms with Crippen LogP contribution in [0.2, 0.25) is 0 Å². The van der Waals surface area contributed by atoms with E-state index in [0.29, 0.717) is 0 Å². The molecule has 0 aliphatic carbocycles. The molecule has 0 bridgehead atoms. The van der Waals surface area contributed by atoms with Crippen molar-refractivity contribution < 1.29 is 46.7 Å². The Balaban J connectivity index is 2.32. The summed E-state index contributed by atoms with van der Waals surface area (Å²) in [5, 5.41) is 0. The van der Waals surface area contributed by atoms with Crippen molar-refractivity contribution in [1.82, 2.24) is 0 Å². The molecule has 4 heavy (non-hydrogen) atoms. The van der Waals surface area contributed by atoms with Crippen LogP contribution < -0.4 is 0 Å². The van der Waals surface area contributed by atoms with E-state index in [9.17, 15) is 0 Å². The average Bonchev–Trinajstić information content (AvgIpc) is 0.811.